The Hall–Kier alpha value is -2.26. The number of H-pyrrole nitrogens is 1. The molecule has 2 heterocycles. The smallest absolute Gasteiger partial charge is 0.131 e. The highest BCUT2D eigenvalue weighted by molar-refractivity contribution is 6.31. The second-order valence-corrected chi connectivity index (χ2v) is 5.97. The van der Waals surface area contributed by atoms with Crippen LogP contribution in [0.4, 0.5) is 0 Å². The molecule has 0 saturated heterocycles. The van der Waals surface area contributed by atoms with E-state index in [4.69, 9.17) is 11.6 Å². The summed E-state index contributed by atoms with van der Waals surface area (Å²) in [6, 6.07) is 14.3. The molecule has 0 atom stereocenters. The van der Waals surface area contributed by atoms with E-state index >= 15 is 0 Å². The molecule has 3 aromatic rings. The number of aromatic nitrogens is 1. The van der Waals surface area contributed by atoms with E-state index in [1.807, 2.05) is 18.2 Å². The molecule has 4 heteroatoms. The molecule has 110 valence electrons. The molecule has 2 N–H and O–H groups in total. The lowest BCUT2D eigenvalue weighted by Crippen LogP contribution is -2.19. The molecule has 0 aliphatic carbocycles. The maximum Gasteiger partial charge on any atom is 0.131 e. The minimum Gasteiger partial charge on any atom is -0.368 e. The number of hydrogen-bond acceptors (Lipinski definition) is 2. The minimum atomic E-state index is 0.739. The summed E-state index contributed by atoms with van der Waals surface area (Å²) in [5.74, 6) is 0.951. The van der Waals surface area contributed by atoms with Crippen LogP contribution in [0.3, 0.4) is 0 Å². The summed E-state index contributed by atoms with van der Waals surface area (Å²) >= 11 is 6.21. The zero-order valence-corrected chi connectivity index (χ0v) is 13.0. The molecule has 0 bridgehead atoms. The highest BCUT2D eigenvalue weighted by atomic mass is 35.5. The number of halogens is 1. The molecule has 0 radical (unpaired) electrons. The third kappa shape index (κ3) is 2.09. The van der Waals surface area contributed by atoms with Crippen molar-refractivity contribution in [1.29, 1.82) is 0 Å². The van der Waals surface area contributed by atoms with Crippen LogP contribution in [0.15, 0.2) is 47.5 Å². The van der Waals surface area contributed by atoms with Crippen LogP contribution in [0.1, 0.15) is 11.1 Å². The number of fused-ring (bicyclic) bond motifs is 1. The minimum absolute atomic E-state index is 0.739. The van der Waals surface area contributed by atoms with Crippen molar-refractivity contribution in [3.8, 4) is 11.3 Å². The normalized spacial score (nSPS) is 14.2. The van der Waals surface area contributed by atoms with Gasteiger partial charge in [0.2, 0.25) is 0 Å². The summed E-state index contributed by atoms with van der Waals surface area (Å²) in [5.41, 5.74) is 5.73. The number of amidine groups is 1. The van der Waals surface area contributed by atoms with Gasteiger partial charge < -0.3 is 10.3 Å². The summed E-state index contributed by atoms with van der Waals surface area (Å²) in [7, 11) is 0. The molecule has 1 aliphatic rings. The van der Waals surface area contributed by atoms with Crippen molar-refractivity contribution in [3.05, 3.63) is 58.6 Å². The van der Waals surface area contributed by atoms with E-state index in [2.05, 4.69) is 46.5 Å². The lowest BCUT2D eigenvalue weighted by Gasteiger charge is -2.08. The van der Waals surface area contributed by atoms with Crippen LogP contribution in [0.2, 0.25) is 5.02 Å². The number of hydrogen-bond donors (Lipinski definition) is 2. The Kier molecular flexibility index (Phi) is 3.16. The molecular weight excluding hydrogens is 294 g/mol. The zero-order chi connectivity index (χ0) is 15.1. The molecule has 0 fully saturated rings. The first-order valence-corrected chi connectivity index (χ1v) is 7.78. The SMILES string of the molecule is Cc1ccccc1-c1[nH]c2ccc(Cl)cc2c1C1=NCCN1. The summed E-state index contributed by atoms with van der Waals surface area (Å²) in [4.78, 5) is 8.16. The van der Waals surface area contributed by atoms with Crippen LogP contribution in [-0.4, -0.2) is 23.9 Å². The molecule has 1 aliphatic heterocycles. The van der Waals surface area contributed by atoms with E-state index < -0.39 is 0 Å². The number of rotatable bonds is 2. The Morgan fingerprint density at radius 1 is 1.14 bits per heavy atom. The number of nitrogens with zero attached hydrogens (tertiary/aromatic N) is 1. The third-order valence-electron chi connectivity index (χ3n) is 4.09. The molecule has 0 spiro atoms. The first kappa shape index (κ1) is 13.4. The average molecular weight is 310 g/mol. The highest BCUT2D eigenvalue weighted by Crippen LogP contribution is 2.34. The Balaban J connectivity index is 2.05. The first-order chi connectivity index (χ1) is 10.7. The first-order valence-electron chi connectivity index (χ1n) is 7.40. The van der Waals surface area contributed by atoms with Gasteiger partial charge in [-0.1, -0.05) is 35.9 Å². The Morgan fingerprint density at radius 2 is 2.00 bits per heavy atom. The topological polar surface area (TPSA) is 40.2 Å². The van der Waals surface area contributed by atoms with Gasteiger partial charge in [0, 0.05) is 33.6 Å². The van der Waals surface area contributed by atoms with Crippen molar-refractivity contribution in [2.24, 2.45) is 4.99 Å². The van der Waals surface area contributed by atoms with Crippen molar-refractivity contribution in [2.75, 3.05) is 13.1 Å². The van der Waals surface area contributed by atoms with E-state index in [9.17, 15) is 0 Å². The van der Waals surface area contributed by atoms with E-state index in [0.29, 0.717) is 0 Å². The van der Waals surface area contributed by atoms with Crippen molar-refractivity contribution in [3.63, 3.8) is 0 Å². The van der Waals surface area contributed by atoms with Gasteiger partial charge in [0.1, 0.15) is 5.84 Å². The quantitative estimate of drug-likeness (QED) is 0.733. The van der Waals surface area contributed by atoms with Gasteiger partial charge in [0.15, 0.2) is 0 Å². The Morgan fingerprint density at radius 3 is 2.77 bits per heavy atom. The maximum absolute atomic E-state index is 6.21. The van der Waals surface area contributed by atoms with Crippen LogP contribution >= 0.6 is 11.6 Å². The molecule has 1 aromatic heterocycles. The molecule has 22 heavy (non-hydrogen) atoms. The average Bonchev–Trinajstić information content (AvgIpc) is 3.14. The molecule has 3 nitrogen and oxygen atoms in total. The summed E-state index contributed by atoms with van der Waals surface area (Å²) in [5, 5.41) is 5.24. The van der Waals surface area contributed by atoms with E-state index in [1.165, 1.54) is 11.1 Å². The Bertz CT molecular complexity index is 892. The summed E-state index contributed by atoms with van der Waals surface area (Å²) in [6.45, 7) is 3.83. The largest absolute Gasteiger partial charge is 0.368 e. The van der Waals surface area contributed by atoms with Crippen LogP contribution in [-0.2, 0) is 0 Å². The van der Waals surface area contributed by atoms with Crippen LogP contribution < -0.4 is 5.32 Å². The van der Waals surface area contributed by atoms with Crippen molar-refractivity contribution < 1.29 is 0 Å². The number of nitrogens with one attached hydrogen (secondary N) is 2. The van der Waals surface area contributed by atoms with Gasteiger partial charge in [-0.2, -0.15) is 0 Å². The van der Waals surface area contributed by atoms with Gasteiger partial charge >= 0.3 is 0 Å². The fraction of sp³-hybridized carbons (Fsp3) is 0.167. The molecule has 2 aromatic carbocycles. The second-order valence-electron chi connectivity index (χ2n) is 5.54. The Labute approximate surface area is 134 Å². The summed E-state index contributed by atoms with van der Waals surface area (Å²) in [6.07, 6.45) is 0. The standard InChI is InChI=1S/C18H16ClN3/c1-11-4-2-3-5-13(11)17-16(18-20-8-9-21-18)14-10-12(19)6-7-15(14)22-17/h2-7,10,22H,8-9H2,1H3,(H,20,21). The molecule has 0 unspecified atom stereocenters. The van der Waals surface area contributed by atoms with Gasteiger partial charge in [0.25, 0.3) is 0 Å². The van der Waals surface area contributed by atoms with Crippen molar-refractivity contribution in [1.82, 2.24) is 10.3 Å². The third-order valence-corrected chi connectivity index (χ3v) is 4.32. The molecule has 0 saturated carbocycles. The van der Waals surface area contributed by atoms with Gasteiger partial charge in [-0.3, -0.25) is 4.99 Å². The van der Waals surface area contributed by atoms with Crippen LogP contribution in [0.5, 0.6) is 0 Å². The fourth-order valence-electron chi connectivity index (χ4n) is 3.03. The van der Waals surface area contributed by atoms with Gasteiger partial charge in [-0.15, -0.1) is 0 Å². The van der Waals surface area contributed by atoms with Crippen LogP contribution in [0, 0.1) is 6.92 Å². The fourth-order valence-corrected chi connectivity index (χ4v) is 3.20. The van der Waals surface area contributed by atoms with Crippen molar-refractivity contribution in [2.45, 2.75) is 6.92 Å². The highest BCUT2D eigenvalue weighted by Gasteiger charge is 2.20. The molecular formula is C18H16ClN3. The monoisotopic (exact) mass is 309 g/mol. The lowest BCUT2D eigenvalue weighted by atomic mass is 10.0. The van der Waals surface area contributed by atoms with E-state index in [1.54, 1.807) is 0 Å². The van der Waals surface area contributed by atoms with E-state index in [-0.39, 0.29) is 0 Å². The van der Waals surface area contributed by atoms with E-state index in [0.717, 1.165) is 46.1 Å². The van der Waals surface area contributed by atoms with Crippen LogP contribution in [0.25, 0.3) is 22.2 Å². The zero-order valence-electron chi connectivity index (χ0n) is 12.3. The molecule has 0 amide bonds. The second kappa shape index (κ2) is 5.18. The predicted octanol–water partition coefficient (Wildman–Crippen LogP) is 4.15. The van der Waals surface area contributed by atoms with Gasteiger partial charge in [-0.05, 0) is 30.7 Å². The maximum atomic E-state index is 6.21. The molecule has 4 rings (SSSR count). The number of benzene rings is 2. The summed E-state index contributed by atoms with van der Waals surface area (Å²) < 4.78 is 0. The van der Waals surface area contributed by atoms with Gasteiger partial charge in [0.05, 0.1) is 12.2 Å². The number of aromatic amines is 1. The lowest BCUT2D eigenvalue weighted by molar-refractivity contribution is 0.960. The number of aliphatic imine (C=N–C) groups is 1. The number of aryl methyl sites for hydroxylation is 1. The van der Waals surface area contributed by atoms with Crippen molar-refractivity contribution >= 4 is 28.3 Å². The predicted molar refractivity (Wildman–Crippen MR) is 92.9 cm³/mol. The van der Waals surface area contributed by atoms with Gasteiger partial charge in [-0.25, -0.2) is 0 Å².